The number of esters is 1. The molecule has 0 bridgehead atoms. The van der Waals surface area contributed by atoms with Crippen molar-refractivity contribution in [2.75, 3.05) is 26.4 Å². The molecule has 106 valence electrons. The third-order valence-corrected chi connectivity index (χ3v) is 2.83. The second-order valence-electron chi connectivity index (χ2n) is 4.17. The first-order valence-corrected chi connectivity index (χ1v) is 6.49. The van der Waals surface area contributed by atoms with Crippen LogP contribution in [0.2, 0.25) is 0 Å². The van der Waals surface area contributed by atoms with Crippen molar-refractivity contribution in [1.29, 1.82) is 0 Å². The van der Waals surface area contributed by atoms with Gasteiger partial charge in [0.2, 0.25) is 0 Å². The predicted molar refractivity (Wildman–Crippen MR) is 73.6 cm³/mol. The second kappa shape index (κ2) is 6.83. The fourth-order valence-corrected chi connectivity index (χ4v) is 1.96. The molecule has 2 rings (SSSR count). The quantitative estimate of drug-likeness (QED) is 0.648. The minimum atomic E-state index is -0.609. The summed E-state index contributed by atoms with van der Waals surface area (Å²) in [5, 5.41) is 2.97. The lowest BCUT2D eigenvalue weighted by Crippen LogP contribution is -2.30. The summed E-state index contributed by atoms with van der Waals surface area (Å²) in [4.78, 5) is 12.0. The van der Waals surface area contributed by atoms with E-state index < -0.39 is 6.04 Å². The summed E-state index contributed by atoms with van der Waals surface area (Å²) >= 11 is 0. The van der Waals surface area contributed by atoms with Gasteiger partial charge >= 0.3 is 5.97 Å². The van der Waals surface area contributed by atoms with Gasteiger partial charge in [-0.2, -0.15) is 0 Å². The van der Waals surface area contributed by atoms with Crippen LogP contribution < -0.4 is 14.8 Å². The van der Waals surface area contributed by atoms with Crippen LogP contribution in [0.15, 0.2) is 18.2 Å². The Bertz CT molecular complexity index is 521. The molecule has 0 aliphatic carbocycles. The molecular formula is C15H17NO4. The summed E-state index contributed by atoms with van der Waals surface area (Å²) in [6.07, 6.45) is 5.23. The Kier molecular flexibility index (Phi) is 4.85. The van der Waals surface area contributed by atoms with Crippen LogP contribution in [-0.2, 0) is 9.53 Å². The molecule has 1 aromatic carbocycles. The molecule has 1 aliphatic rings. The molecule has 0 fully saturated rings. The third kappa shape index (κ3) is 3.22. The Morgan fingerprint density at radius 2 is 2.20 bits per heavy atom. The van der Waals surface area contributed by atoms with E-state index in [1.807, 2.05) is 0 Å². The highest BCUT2D eigenvalue weighted by atomic mass is 16.6. The van der Waals surface area contributed by atoms with E-state index in [1.54, 1.807) is 25.1 Å². The summed E-state index contributed by atoms with van der Waals surface area (Å²) in [6, 6.07) is 4.76. The van der Waals surface area contributed by atoms with Crippen LogP contribution in [0.5, 0.6) is 11.5 Å². The summed E-state index contributed by atoms with van der Waals surface area (Å²) in [5.41, 5.74) is 0.739. The van der Waals surface area contributed by atoms with E-state index in [-0.39, 0.29) is 12.5 Å². The van der Waals surface area contributed by atoms with Crippen molar-refractivity contribution >= 4 is 5.97 Å². The number of hydrogen-bond donors (Lipinski definition) is 1. The summed E-state index contributed by atoms with van der Waals surface area (Å²) in [7, 11) is 0. The molecule has 5 nitrogen and oxygen atoms in total. The van der Waals surface area contributed by atoms with Crippen molar-refractivity contribution in [3.63, 3.8) is 0 Å². The van der Waals surface area contributed by atoms with Gasteiger partial charge in [-0.15, -0.1) is 6.42 Å². The van der Waals surface area contributed by atoms with Gasteiger partial charge in [0.15, 0.2) is 11.5 Å². The van der Waals surface area contributed by atoms with Crippen molar-refractivity contribution in [1.82, 2.24) is 5.32 Å². The normalized spacial score (nSPS) is 14.2. The average molecular weight is 275 g/mol. The van der Waals surface area contributed by atoms with Crippen molar-refractivity contribution in [3.8, 4) is 23.8 Å². The summed E-state index contributed by atoms with van der Waals surface area (Å²) < 4.78 is 16.0. The SMILES string of the molecule is C#CCNC(C(=O)OCC)c1ccc2c(c1)OCCO2. The maximum atomic E-state index is 12.0. The van der Waals surface area contributed by atoms with Crippen molar-refractivity contribution in [2.24, 2.45) is 0 Å². The number of fused-ring (bicyclic) bond motifs is 1. The summed E-state index contributed by atoms with van der Waals surface area (Å²) in [5.74, 6) is 3.40. The van der Waals surface area contributed by atoms with Crippen molar-refractivity contribution < 1.29 is 19.0 Å². The van der Waals surface area contributed by atoms with Gasteiger partial charge in [0.25, 0.3) is 0 Å². The lowest BCUT2D eigenvalue weighted by Gasteiger charge is -2.21. The first kappa shape index (κ1) is 14.2. The first-order valence-electron chi connectivity index (χ1n) is 6.49. The van der Waals surface area contributed by atoms with Gasteiger partial charge in [0, 0.05) is 0 Å². The van der Waals surface area contributed by atoms with Crippen LogP contribution in [0.3, 0.4) is 0 Å². The van der Waals surface area contributed by atoms with Gasteiger partial charge < -0.3 is 14.2 Å². The molecule has 1 N–H and O–H groups in total. The maximum absolute atomic E-state index is 12.0. The van der Waals surface area contributed by atoms with Crippen LogP contribution in [0, 0.1) is 12.3 Å². The van der Waals surface area contributed by atoms with Gasteiger partial charge in [-0.25, -0.2) is 4.79 Å². The molecule has 0 spiro atoms. The topological polar surface area (TPSA) is 56.8 Å². The van der Waals surface area contributed by atoms with Gasteiger partial charge in [0.1, 0.15) is 19.3 Å². The molecule has 1 heterocycles. The molecule has 1 aliphatic heterocycles. The molecule has 1 unspecified atom stereocenters. The Morgan fingerprint density at radius 3 is 2.90 bits per heavy atom. The molecule has 0 saturated heterocycles. The van der Waals surface area contributed by atoms with E-state index in [4.69, 9.17) is 20.6 Å². The van der Waals surface area contributed by atoms with E-state index in [0.29, 0.717) is 31.3 Å². The van der Waals surface area contributed by atoms with E-state index in [2.05, 4.69) is 11.2 Å². The first-order chi connectivity index (χ1) is 9.76. The fourth-order valence-electron chi connectivity index (χ4n) is 1.96. The molecule has 1 atom stereocenters. The molecule has 0 radical (unpaired) electrons. The van der Waals surface area contributed by atoms with Gasteiger partial charge in [-0.1, -0.05) is 12.0 Å². The van der Waals surface area contributed by atoms with E-state index in [1.165, 1.54) is 0 Å². The van der Waals surface area contributed by atoms with E-state index in [0.717, 1.165) is 5.56 Å². The highest BCUT2D eigenvalue weighted by Crippen LogP contribution is 2.32. The van der Waals surface area contributed by atoms with Gasteiger partial charge in [-0.3, -0.25) is 5.32 Å². The monoisotopic (exact) mass is 275 g/mol. The smallest absolute Gasteiger partial charge is 0.327 e. The number of terminal acetylenes is 1. The van der Waals surface area contributed by atoms with Crippen LogP contribution in [0.25, 0.3) is 0 Å². The molecule has 0 amide bonds. The fraction of sp³-hybridized carbons (Fsp3) is 0.400. The average Bonchev–Trinajstić information content (AvgIpc) is 2.48. The number of carbonyl (C=O) groups is 1. The highest BCUT2D eigenvalue weighted by molar-refractivity contribution is 5.78. The number of ether oxygens (including phenoxy) is 3. The van der Waals surface area contributed by atoms with E-state index in [9.17, 15) is 4.79 Å². The molecular weight excluding hydrogens is 258 g/mol. The standard InChI is InChI=1S/C15H17NO4/c1-3-7-16-14(15(17)18-4-2)11-5-6-12-13(10-11)20-9-8-19-12/h1,5-6,10,14,16H,4,7-9H2,2H3. The number of hydrogen-bond acceptors (Lipinski definition) is 5. The molecule has 5 heteroatoms. The van der Waals surface area contributed by atoms with Crippen LogP contribution in [0.1, 0.15) is 18.5 Å². The zero-order valence-electron chi connectivity index (χ0n) is 11.3. The highest BCUT2D eigenvalue weighted by Gasteiger charge is 2.23. The van der Waals surface area contributed by atoms with Gasteiger partial charge in [0.05, 0.1) is 13.2 Å². The zero-order valence-corrected chi connectivity index (χ0v) is 11.3. The molecule has 1 aromatic rings. The zero-order chi connectivity index (χ0) is 14.4. The van der Waals surface area contributed by atoms with Crippen LogP contribution in [0.4, 0.5) is 0 Å². The Balaban J connectivity index is 2.23. The van der Waals surface area contributed by atoms with Crippen LogP contribution in [-0.4, -0.2) is 32.3 Å². The predicted octanol–water partition coefficient (Wildman–Crippen LogP) is 1.28. The minimum absolute atomic E-state index is 0.276. The Morgan fingerprint density at radius 1 is 1.45 bits per heavy atom. The summed E-state index contributed by atoms with van der Waals surface area (Å²) in [6.45, 7) is 3.39. The van der Waals surface area contributed by atoms with Crippen molar-refractivity contribution in [2.45, 2.75) is 13.0 Å². The van der Waals surface area contributed by atoms with E-state index >= 15 is 0 Å². The molecule has 0 aromatic heterocycles. The lowest BCUT2D eigenvalue weighted by atomic mass is 10.1. The second-order valence-corrected chi connectivity index (χ2v) is 4.17. The molecule has 0 saturated carbocycles. The van der Waals surface area contributed by atoms with Crippen molar-refractivity contribution in [3.05, 3.63) is 23.8 Å². The number of rotatable bonds is 5. The largest absolute Gasteiger partial charge is 0.486 e. The van der Waals surface area contributed by atoms with Crippen LogP contribution >= 0.6 is 0 Å². The molecule has 20 heavy (non-hydrogen) atoms. The Hall–Kier alpha value is -2.19. The lowest BCUT2D eigenvalue weighted by molar-refractivity contribution is -0.145. The number of nitrogens with one attached hydrogen (secondary N) is 1. The van der Waals surface area contributed by atoms with Gasteiger partial charge in [-0.05, 0) is 24.6 Å². The number of benzene rings is 1. The number of carbonyl (C=O) groups excluding carboxylic acids is 1. The minimum Gasteiger partial charge on any atom is -0.486 e. The third-order valence-electron chi connectivity index (χ3n) is 2.83. The Labute approximate surface area is 118 Å². The maximum Gasteiger partial charge on any atom is 0.327 e.